The highest BCUT2D eigenvalue weighted by Gasteiger charge is 2.34. The van der Waals surface area contributed by atoms with Crippen molar-refractivity contribution in [1.82, 2.24) is 16.0 Å². The molecule has 1 rings (SSSR count). The molecule has 1 aromatic rings. The number of hydrogen-bond acceptors (Lipinski definition) is 6. The number of amides is 4. The molecule has 0 heterocycles. The van der Waals surface area contributed by atoms with Crippen LogP contribution in [0.2, 0.25) is 0 Å². The van der Waals surface area contributed by atoms with Gasteiger partial charge < -0.3 is 26.8 Å². The zero-order valence-electron chi connectivity index (χ0n) is 20.4. The van der Waals surface area contributed by atoms with E-state index in [1.165, 1.54) is 25.7 Å². The second-order valence-corrected chi connectivity index (χ2v) is 9.80. The van der Waals surface area contributed by atoms with E-state index in [0.717, 1.165) is 4.90 Å². The van der Waals surface area contributed by atoms with Gasteiger partial charge in [0.25, 0.3) is 0 Å². The Morgan fingerprint density at radius 1 is 1.03 bits per heavy atom. The first kappa shape index (κ1) is 29.3. The summed E-state index contributed by atoms with van der Waals surface area (Å²) in [6.45, 7) is 5.86. The number of thioether (sulfide) groups is 1. The van der Waals surface area contributed by atoms with Crippen molar-refractivity contribution in [3.8, 4) is 5.75 Å². The Morgan fingerprint density at radius 3 is 2.21 bits per heavy atom. The van der Waals surface area contributed by atoms with Gasteiger partial charge in [-0.3, -0.25) is 19.2 Å². The fourth-order valence-electron chi connectivity index (χ4n) is 3.55. The normalized spacial score (nSPS) is 13.6. The molecular weight excluding hydrogens is 456 g/mol. The van der Waals surface area contributed by atoms with E-state index in [2.05, 4.69) is 16.0 Å². The van der Waals surface area contributed by atoms with Crippen LogP contribution in [0.4, 0.5) is 0 Å². The third-order valence-electron chi connectivity index (χ3n) is 5.35. The smallest absolute Gasteiger partial charge is 0.242 e. The maximum Gasteiger partial charge on any atom is 0.242 e. The summed E-state index contributed by atoms with van der Waals surface area (Å²) in [5.74, 6) is -2.22. The van der Waals surface area contributed by atoms with E-state index in [-0.39, 0.29) is 29.4 Å². The Labute approximate surface area is 206 Å². The first-order valence-electron chi connectivity index (χ1n) is 11.5. The van der Waals surface area contributed by atoms with Gasteiger partial charge in [-0.1, -0.05) is 13.8 Å². The minimum absolute atomic E-state index is 0.115. The summed E-state index contributed by atoms with van der Waals surface area (Å²) in [6, 6.07) is 5.83. The SMILES string of the molecule is CNC(=O)C(CCCCNC(C)=O)NC(=O)C(CC(C)C)C(CSc1ccc(O)cc1)C(N)=O. The van der Waals surface area contributed by atoms with Crippen molar-refractivity contribution in [3.63, 3.8) is 0 Å². The predicted molar refractivity (Wildman–Crippen MR) is 133 cm³/mol. The Balaban J connectivity index is 2.91. The lowest BCUT2D eigenvalue weighted by atomic mass is 9.85. The third-order valence-corrected chi connectivity index (χ3v) is 6.48. The number of carbonyl (C=O) groups excluding carboxylic acids is 4. The molecule has 0 aliphatic carbocycles. The number of rotatable bonds is 15. The zero-order valence-corrected chi connectivity index (χ0v) is 21.2. The van der Waals surface area contributed by atoms with E-state index in [9.17, 15) is 24.3 Å². The van der Waals surface area contributed by atoms with Crippen LogP contribution in [0.25, 0.3) is 0 Å². The van der Waals surface area contributed by atoms with E-state index >= 15 is 0 Å². The molecule has 0 saturated heterocycles. The van der Waals surface area contributed by atoms with E-state index < -0.39 is 23.8 Å². The van der Waals surface area contributed by atoms with E-state index in [1.807, 2.05) is 13.8 Å². The molecule has 10 heteroatoms. The first-order valence-corrected chi connectivity index (χ1v) is 12.5. The van der Waals surface area contributed by atoms with Crippen LogP contribution in [0.3, 0.4) is 0 Å². The highest BCUT2D eigenvalue weighted by Crippen LogP contribution is 2.29. The monoisotopic (exact) mass is 494 g/mol. The number of nitrogens with two attached hydrogens (primary N) is 1. The lowest BCUT2D eigenvalue weighted by Gasteiger charge is -2.27. The minimum atomic E-state index is -0.747. The number of unbranched alkanes of at least 4 members (excludes halogenated alkanes) is 1. The van der Waals surface area contributed by atoms with Gasteiger partial charge >= 0.3 is 0 Å². The van der Waals surface area contributed by atoms with Gasteiger partial charge in [-0.25, -0.2) is 0 Å². The number of likely N-dealkylation sites (N-methyl/N-ethyl adjacent to an activating group) is 1. The van der Waals surface area contributed by atoms with Gasteiger partial charge in [-0.05, 0) is 55.9 Å². The van der Waals surface area contributed by atoms with Gasteiger partial charge in [-0.15, -0.1) is 11.8 Å². The average molecular weight is 495 g/mol. The molecule has 0 saturated carbocycles. The van der Waals surface area contributed by atoms with Gasteiger partial charge in [0.1, 0.15) is 11.8 Å². The molecular formula is C24H38N4O5S. The Kier molecular flexibility index (Phi) is 13.1. The lowest BCUT2D eigenvalue weighted by molar-refractivity contribution is -0.135. The highest BCUT2D eigenvalue weighted by molar-refractivity contribution is 7.99. The molecule has 3 atom stereocenters. The maximum atomic E-state index is 13.3. The number of primary amides is 1. The predicted octanol–water partition coefficient (Wildman–Crippen LogP) is 1.79. The number of benzene rings is 1. The molecule has 0 aliphatic rings. The van der Waals surface area contributed by atoms with Crippen molar-refractivity contribution in [1.29, 1.82) is 0 Å². The molecule has 3 unspecified atom stereocenters. The average Bonchev–Trinajstić information content (AvgIpc) is 2.77. The summed E-state index contributed by atoms with van der Waals surface area (Å²) >= 11 is 1.38. The summed E-state index contributed by atoms with van der Waals surface area (Å²) in [5, 5.41) is 17.6. The van der Waals surface area contributed by atoms with E-state index in [4.69, 9.17) is 5.73 Å². The van der Waals surface area contributed by atoms with E-state index in [1.54, 1.807) is 24.3 Å². The van der Waals surface area contributed by atoms with Gasteiger partial charge in [0.05, 0.1) is 11.8 Å². The number of phenolic OH excluding ortho intramolecular Hbond substituents is 1. The number of nitrogens with one attached hydrogen (secondary N) is 3. The van der Waals surface area contributed by atoms with Crippen molar-refractivity contribution >= 4 is 35.4 Å². The number of aromatic hydroxyl groups is 1. The van der Waals surface area contributed by atoms with Crippen LogP contribution in [-0.2, 0) is 19.2 Å². The topological polar surface area (TPSA) is 151 Å². The molecule has 0 radical (unpaired) electrons. The van der Waals surface area contributed by atoms with Crippen molar-refractivity contribution in [2.45, 2.75) is 57.4 Å². The van der Waals surface area contributed by atoms with Crippen LogP contribution in [0.5, 0.6) is 5.75 Å². The Morgan fingerprint density at radius 2 is 1.68 bits per heavy atom. The van der Waals surface area contributed by atoms with Crippen LogP contribution in [0.1, 0.15) is 46.5 Å². The van der Waals surface area contributed by atoms with Crippen LogP contribution >= 0.6 is 11.8 Å². The van der Waals surface area contributed by atoms with Crippen molar-refractivity contribution in [2.24, 2.45) is 23.5 Å². The van der Waals surface area contributed by atoms with Crippen molar-refractivity contribution in [2.75, 3.05) is 19.3 Å². The van der Waals surface area contributed by atoms with Crippen LogP contribution in [0, 0.1) is 17.8 Å². The summed E-state index contributed by atoms with van der Waals surface area (Å²) in [6.07, 6.45) is 2.15. The van der Waals surface area contributed by atoms with Gasteiger partial charge in [0.15, 0.2) is 0 Å². The van der Waals surface area contributed by atoms with Gasteiger partial charge in [0.2, 0.25) is 23.6 Å². The fraction of sp³-hybridized carbons (Fsp3) is 0.583. The van der Waals surface area contributed by atoms with Crippen molar-refractivity contribution in [3.05, 3.63) is 24.3 Å². The fourth-order valence-corrected chi connectivity index (χ4v) is 4.64. The zero-order chi connectivity index (χ0) is 25.7. The molecule has 190 valence electrons. The summed E-state index contributed by atoms with van der Waals surface area (Å²) < 4.78 is 0. The summed E-state index contributed by atoms with van der Waals surface area (Å²) in [7, 11) is 1.50. The molecule has 0 aromatic heterocycles. The second-order valence-electron chi connectivity index (χ2n) is 8.70. The molecule has 6 N–H and O–H groups in total. The molecule has 1 aromatic carbocycles. The molecule has 0 spiro atoms. The Hall–Kier alpha value is -2.75. The van der Waals surface area contributed by atoms with Gasteiger partial charge in [-0.2, -0.15) is 0 Å². The minimum Gasteiger partial charge on any atom is -0.508 e. The number of carbonyl (C=O) groups is 4. The van der Waals surface area contributed by atoms with Crippen LogP contribution in [-0.4, -0.2) is 54.1 Å². The molecule has 34 heavy (non-hydrogen) atoms. The largest absolute Gasteiger partial charge is 0.508 e. The second kappa shape index (κ2) is 15.2. The molecule has 0 aliphatic heterocycles. The molecule has 0 fully saturated rings. The quantitative estimate of drug-likeness (QED) is 0.185. The first-order chi connectivity index (χ1) is 16.0. The van der Waals surface area contributed by atoms with Crippen LogP contribution < -0.4 is 21.7 Å². The highest BCUT2D eigenvalue weighted by atomic mass is 32.2. The van der Waals surface area contributed by atoms with Crippen molar-refractivity contribution < 1.29 is 24.3 Å². The summed E-state index contributed by atoms with van der Waals surface area (Å²) in [4.78, 5) is 49.9. The number of phenols is 1. The molecule has 4 amide bonds. The Bertz CT molecular complexity index is 816. The number of hydrogen-bond donors (Lipinski definition) is 5. The lowest BCUT2D eigenvalue weighted by Crippen LogP contribution is -2.50. The molecule has 0 bridgehead atoms. The summed E-state index contributed by atoms with van der Waals surface area (Å²) in [5.41, 5.74) is 5.71. The maximum absolute atomic E-state index is 13.3. The van der Waals surface area contributed by atoms with Crippen LogP contribution in [0.15, 0.2) is 29.2 Å². The third kappa shape index (κ3) is 10.9. The standard InChI is InChI=1S/C24H38N4O5S/c1-15(2)13-19(20(22(25)31)14-34-18-10-8-17(30)9-11-18)23(32)28-21(24(33)26-4)7-5-6-12-27-16(3)29/h8-11,15,19-21,30H,5-7,12-14H2,1-4H3,(H2,25,31)(H,26,33)(H,27,29)(H,28,32). The molecule has 9 nitrogen and oxygen atoms in total. The van der Waals surface area contributed by atoms with E-state index in [0.29, 0.717) is 38.0 Å². The van der Waals surface area contributed by atoms with Gasteiger partial charge in [0, 0.05) is 31.2 Å².